The predicted octanol–water partition coefficient (Wildman–Crippen LogP) is 3.88. The zero-order chi connectivity index (χ0) is 19.3. The standard InChI is InChI=1S/C21H24NO4P/c1-25-22(27(23,24)26-2)21(18-12-6-3-7-13-18,19-14-8-4-9-15-19)20-16-10-5-11-17-20/h3-17,23-24,27H,1-2H3. The van der Waals surface area contributed by atoms with Gasteiger partial charge in [0, 0.05) is 0 Å². The fourth-order valence-corrected chi connectivity index (χ4v) is 4.67. The normalized spacial score (nSPS) is 12.9. The Balaban J connectivity index is 2.43. The van der Waals surface area contributed by atoms with Crippen molar-refractivity contribution in [2.45, 2.75) is 5.54 Å². The Bertz CT molecular complexity index is 747. The molecule has 27 heavy (non-hydrogen) atoms. The van der Waals surface area contributed by atoms with Crippen LogP contribution in [0.1, 0.15) is 16.7 Å². The van der Waals surface area contributed by atoms with Gasteiger partial charge in [0.2, 0.25) is 0 Å². The number of hydrogen-bond acceptors (Lipinski definition) is 5. The quantitative estimate of drug-likeness (QED) is 0.367. The van der Waals surface area contributed by atoms with Gasteiger partial charge in [-0.25, -0.2) is 0 Å². The molecule has 0 saturated carbocycles. The second-order valence-electron chi connectivity index (χ2n) is 6.06. The molecule has 2 N–H and O–H groups in total. The van der Waals surface area contributed by atoms with Gasteiger partial charge in [-0.3, -0.25) is 0 Å². The van der Waals surface area contributed by atoms with Crippen molar-refractivity contribution in [3.8, 4) is 0 Å². The van der Waals surface area contributed by atoms with Crippen LogP contribution in [-0.2, 0) is 14.9 Å². The van der Waals surface area contributed by atoms with E-state index in [0.717, 1.165) is 16.7 Å². The summed E-state index contributed by atoms with van der Waals surface area (Å²) in [6.07, 6.45) is 0. The number of hydrogen-bond donors (Lipinski definition) is 2. The molecule has 0 bridgehead atoms. The zero-order valence-corrected chi connectivity index (χ0v) is 16.3. The zero-order valence-electron chi connectivity index (χ0n) is 15.3. The summed E-state index contributed by atoms with van der Waals surface area (Å²) in [5.41, 5.74) is 1.34. The molecule has 0 spiro atoms. The van der Waals surface area contributed by atoms with Gasteiger partial charge in [-0.15, -0.1) is 0 Å². The molecule has 0 aliphatic rings. The van der Waals surface area contributed by atoms with Crippen molar-refractivity contribution in [1.82, 2.24) is 4.83 Å². The molecule has 3 rings (SSSR count). The van der Waals surface area contributed by atoms with Gasteiger partial charge in [0.05, 0.1) is 0 Å². The molecule has 6 heteroatoms. The van der Waals surface area contributed by atoms with Crippen LogP contribution in [0.3, 0.4) is 0 Å². The Morgan fingerprint density at radius 1 is 0.667 bits per heavy atom. The van der Waals surface area contributed by atoms with E-state index in [4.69, 9.17) is 9.36 Å². The van der Waals surface area contributed by atoms with E-state index < -0.39 is 13.6 Å². The maximum atomic E-state index is 10.8. The maximum absolute atomic E-state index is 10.8. The van der Waals surface area contributed by atoms with E-state index in [1.165, 1.54) is 19.1 Å². The summed E-state index contributed by atoms with van der Waals surface area (Å²) in [4.78, 5) is 28.4. The van der Waals surface area contributed by atoms with Crippen LogP contribution in [0.5, 0.6) is 0 Å². The van der Waals surface area contributed by atoms with E-state index in [1.54, 1.807) is 0 Å². The van der Waals surface area contributed by atoms with E-state index in [9.17, 15) is 9.79 Å². The predicted molar refractivity (Wildman–Crippen MR) is 108 cm³/mol. The molecule has 0 unspecified atom stereocenters. The third-order valence-corrected chi connectivity index (χ3v) is 6.20. The molecule has 0 amide bonds. The Labute approximate surface area is 160 Å². The van der Waals surface area contributed by atoms with Crippen LogP contribution in [0.25, 0.3) is 0 Å². The van der Waals surface area contributed by atoms with Crippen LogP contribution in [0.2, 0.25) is 0 Å². The molecular formula is C21H24NO4P. The average Bonchev–Trinajstić information content (AvgIpc) is 2.73. The van der Waals surface area contributed by atoms with E-state index in [-0.39, 0.29) is 0 Å². The van der Waals surface area contributed by atoms with Crippen molar-refractivity contribution in [1.29, 1.82) is 0 Å². The first-order valence-corrected chi connectivity index (χ1v) is 10.3. The molecule has 3 aromatic carbocycles. The van der Waals surface area contributed by atoms with Crippen molar-refractivity contribution in [3.63, 3.8) is 0 Å². The number of rotatable bonds is 7. The molecule has 0 aromatic heterocycles. The summed E-state index contributed by atoms with van der Waals surface area (Å²) in [5.74, 6) is 0. The van der Waals surface area contributed by atoms with Gasteiger partial charge in [0.25, 0.3) is 0 Å². The van der Waals surface area contributed by atoms with Crippen LogP contribution in [-0.4, -0.2) is 28.8 Å². The minimum absolute atomic E-state index is 0.821. The molecule has 0 fully saturated rings. The Kier molecular flexibility index (Phi) is 6.02. The van der Waals surface area contributed by atoms with Crippen molar-refractivity contribution in [2.24, 2.45) is 0 Å². The van der Waals surface area contributed by atoms with E-state index in [0.29, 0.717) is 0 Å². The van der Waals surface area contributed by atoms with Crippen LogP contribution in [0.15, 0.2) is 91.0 Å². The van der Waals surface area contributed by atoms with E-state index in [2.05, 4.69) is 0 Å². The van der Waals surface area contributed by atoms with Crippen molar-refractivity contribution < 1.29 is 19.1 Å². The Hall–Kier alpha value is -2.11. The minimum atomic E-state index is -4.38. The average molecular weight is 385 g/mol. The van der Waals surface area contributed by atoms with Gasteiger partial charge in [0.1, 0.15) is 0 Å². The topological polar surface area (TPSA) is 62.2 Å². The van der Waals surface area contributed by atoms with Gasteiger partial charge >= 0.3 is 160 Å². The molecule has 3 aromatic rings. The monoisotopic (exact) mass is 385 g/mol. The SMILES string of the molecule is CON(C(c1ccccc1)(c1ccccc1)c1ccccc1)[PH](O)(O)OC. The molecule has 142 valence electrons. The molecule has 0 saturated heterocycles. The van der Waals surface area contributed by atoms with Gasteiger partial charge in [0.15, 0.2) is 0 Å². The van der Waals surface area contributed by atoms with Gasteiger partial charge in [-0.2, -0.15) is 0 Å². The van der Waals surface area contributed by atoms with E-state index in [1.807, 2.05) is 91.0 Å². The Morgan fingerprint density at radius 2 is 1.00 bits per heavy atom. The van der Waals surface area contributed by atoms with Gasteiger partial charge in [-0.1, -0.05) is 0 Å². The number of hydroxylamine groups is 1. The summed E-state index contributed by atoms with van der Waals surface area (Å²) in [6, 6.07) is 28.8. The number of nitrogens with zero attached hydrogens (tertiary/aromatic N) is 1. The summed E-state index contributed by atoms with van der Waals surface area (Å²) in [7, 11) is -1.70. The summed E-state index contributed by atoms with van der Waals surface area (Å²) >= 11 is 0. The van der Waals surface area contributed by atoms with Gasteiger partial charge < -0.3 is 0 Å². The third-order valence-electron chi connectivity index (χ3n) is 4.60. The van der Waals surface area contributed by atoms with Crippen molar-refractivity contribution in [2.75, 3.05) is 14.2 Å². The third kappa shape index (κ3) is 3.54. The van der Waals surface area contributed by atoms with Crippen LogP contribution in [0.4, 0.5) is 0 Å². The molecule has 0 radical (unpaired) electrons. The molecule has 0 atom stereocenters. The molecular weight excluding hydrogens is 361 g/mol. The first-order valence-electron chi connectivity index (χ1n) is 8.58. The molecule has 0 heterocycles. The van der Waals surface area contributed by atoms with Crippen LogP contribution in [0, 0.1) is 0 Å². The molecule has 0 aliphatic carbocycles. The van der Waals surface area contributed by atoms with Crippen molar-refractivity contribution >= 4 is 8.09 Å². The molecule has 0 aliphatic heterocycles. The fraction of sp³-hybridized carbons (Fsp3) is 0.143. The van der Waals surface area contributed by atoms with Crippen molar-refractivity contribution in [3.05, 3.63) is 108 Å². The summed E-state index contributed by atoms with van der Waals surface area (Å²) < 4.78 is 5.11. The second-order valence-corrected chi connectivity index (χ2v) is 8.03. The van der Waals surface area contributed by atoms with Gasteiger partial charge in [-0.05, 0) is 0 Å². The first-order chi connectivity index (χ1) is 13.1. The Morgan fingerprint density at radius 3 is 1.26 bits per heavy atom. The summed E-state index contributed by atoms with van der Waals surface area (Å²) in [6.45, 7) is 0. The van der Waals surface area contributed by atoms with Crippen LogP contribution < -0.4 is 0 Å². The second kappa shape index (κ2) is 8.28. The first kappa shape index (κ1) is 19.6. The fourth-order valence-electron chi connectivity index (χ4n) is 3.45. The number of benzene rings is 3. The summed E-state index contributed by atoms with van der Waals surface area (Å²) in [5, 5.41) is 0. The molecule has 5 nitrogen and oxygen atoms in total. The van der Waals surface area contributed by atoms with E-state index >= 15 is 0 Å². The van der Waals surface area contributed by atoms with Crippen LogP contribution >= 0.6 is 8.09 Å².